The summed E-state index contributed by atoms with van der Waals surface area (Å²) in [5.74, 6) is -0.268. The quantitative estimate of drug-likeness (QED) is 0.479. The minimum Gasteiger partial charge on any atom is -0.375 e. The molecule has 7 heteroatoms. The topological polar surface area (TPSA) is 86.5 Å². The summed E-state index contributed by atoms with van der Waals surface area (Å²) < 4.78 is 26.6. The van der Waals surface area contributed by atoms with E-state index in [2.05, 4.69) is 4.18 Å². The maximum atomic E-state index is 11.0. The molecular formula is C11H15NO5S. The second-order valence-electron chi connectivity index (χ2n) is 4.98. The molecule has 0 heterocycles. The Labute approximate surface area is 106 Å². The smallest absolute Gasteiger partial charge is 0.312 e. The number of benzene rings is 1. The first-order valence-corrected chi connectivity index (χ1v) is 7.01. The monoisotopic (exact) mass is 273 g/mol. The van der Waals surface area contributed by atoms with E-state index in [1.54, 1.807) is 6.07 Å². The highest BCUT2D eigenvalue weighted by molar-refractivity contribution is 7.86. The molecule has 1 aromatic carbocycles. The maximum Gasteiger partial charge on any atom is 0.312 e. The molecule has 0 spiro atoms. The Hall–Kier alpha value is -1.63. The average molecular weight is 273 g/mol. The Kier molecular flexibility index (Phi) is 3.66. The molecule has 6 nitrogen and oxygen atoms in total. The predicted molar refractivity (Wildman–Crippen MR) is 67.3 cm³/mol. The fourth-order valence-electron chi connectivity index (χ4n) is 1.36. The average Bonchev–Trinajstić information content (AvgIpc) is 2.13. The zero-order valence-electron chi connectivity index (χ0n) is 10.6. The Morgan fingerprint density at radius 2 is 1.83 bits per heavy atom. The Bertz CT molecular complexity index is 572. The summed E-state index contributed by atoms with van der Waals surface area (Å²) in [6, 6.07) is 4.26. The third-order valence-corrected chi connectivity index (χ3v) is 2.75. The standard InChI is InChI=1S/C11H15NO5S/c1-11(2,3)8-5-6-10(17-18(4,15)16)9(7-8)12(13)14/h5-7H,1-4H3. The molecule has 0 radical (unpaired) electrons. The molecule has 0 unspecified atom stereocenters. The van der Waals surface area contributed by atoms with E-state index in [4.69, 9.17) is 0 Å². The first-order chi connectivity index (χ1) is 8.00. The molecule has 0 amide bonds. The van der Waals surface area contributed by atoms with E-state index < -0.39 is 15.0 Å². The summed E-state index contributed by atoms with van der Waals surface area (Å²) in [7, 11) is -3.79. The minimum atomic E-state index is -3.79. The first-order valence-electron chi connectivity index (χ1n) is 5.19. The van der Waals surface area contributed by atoms with Crippen molar-refractivity contribution in [1.29, 1.82) is 0 Å². The minimum absolute atomic E-state index is 0.268. The number of hydrogen-bond acceptors (Lipinski definition) is 5. The number of nitrogens with zero attached hydrogens (tertiary/aromatic N) is 1. The van der Waals surface area contributed by atoms with E-state index in [1.807, 2.05) is 20.8 Å². The van der Waals surface area contributed by atoms with Gasteiger partial charge < -0.3 is 4.18 Å². The molecule has 0 aliphatic heterocycles. The van der Waals surface area contributed by atoms with Gasteiger partial charge in [0.1, 0.15) is 0 Å². The van der Waals surface area contributed by atoms with Crippen molar-refractivity contribution in [3.63, 3.8) is 0 Å². The number of hydrogen-bond donors (Lipinski definition) is 0. The molecular weight excluding hydrogens is 258 g/mol. The number of nitro benzene ring substituents is 1. The zero-order valence-corrected chi connectivity index (χ0v) is 11.4. The summed E-state index contributed by atoms with van der Waals surface area (Å²) in [6.45, 7) is 5.72. The second-order valence-corrected chi connectivity index (χ2v) is 6.55. The van der Waals surface area contributed by atoms with Gasteiger partial charge in [-0.2, -0.15) is 8.42 Å². The lowest BCUT2D eigenvalue weighted by Gasteiger charge is -2.19. The van der Waals surface area contributed by atoms with Crippen LogP contribution in [0.25, 0.3) is 0 Å². The molecule has 0 aliphatic carbocycles. The van der Waals surface area contributed by atoms with Crippen molar-refractivity contribution in [3.05, 3.63) is 33.9 Å². The fourth-order valence-corrected chi connectivity index (χ4v) is 1.83. The van der Waals surface area contributed by atoms with Crippen molar-refractivity contribution < 1.29 is 17.5 Å². The molecule has 0 aromatic heterocycles. The molecule has 0 aliphatic rings. The first kappa shape index (κ1) is 14.4. The van der Waals surface area contributed by atoms with Crippen molar-refractivity contribution in [2.45, 2.75) is 26.2 Å². The summed E-state index contributed by atoms with van der Waals surface area (Å²) in [5, 5.41) is 10.9. The molecule has 0 N–H and O–H groups in total. The highest BCUT2D eigenvalue weighted by Crippen LogP contribution is 2.33. The third-order valence-electron chi connectivity index (χ3n) is 2.26. The number of nitro groups is 1. The van der Waals surface area contributed by atoms with Crippen LogP contribution in [-0.4, -0.2) is 19.6 Å². The van der Waals surface area contributed by atoms with Crippen LogP contribution in [0.2, 0.25) is 0 Å². The van der Waals surface area contributed by atoms with E-state index in [0.717, 1.165) is 11.8 Å². The molecule has 1 rings (SSSR count). The Balaban J connectivity index is 3.34. The molecule has 0 saturated heterocycles. The third kappa shape index (κ3) is 3.69. The van der Waals surface area contributed by atoms with E-state index in [0.29, 0.717) is 0 Å². The molecule has 0 fully saturated rings. The number of rotatable bonds is 3. The van der Waals surface area contributed by atoms with Crippen LogP contribution in [0, 0.1) is 10.1 Å². The molecule has 0 atom stereocenters. The van der Waals surface area contributed by atoms with E-state index in [-0.39, 0.29) is 16.9 Å². The maximum absolute atomic E-state index is 11.0. The van der Waals surface area contributed by atoms with Crippen LogP contribution in [0.5, 0.6) is 5.75 Å². The van der Waals surface area contributed by atoms with Crippen molar-refractivity contribution in [3.8, 4) is 5.75 Å². The summed E-state index contributed by atoms with van der Waals surface area (Å²) in [6.07, 6.45) is 0.842. The van der Waals surface area contributed by atoms with Gasteiger partial charge in [-0.25, -0.2) is 0 Å². The van der Waals surface area contributed by atoms with Crippen LogP contribution < -0.4 is 4.18 Å². The van der Waals surface area contributed by atoms with Gasteiger partial charge in [-0.3, -0.25) is 10.1 Å². The Morgan fingerprint density at radius 3 is 2.22 bits per heavy atom. The van der Waals surface area contributed by atoms with Crippen LogP contribution in [0.15, 0.2) is 18.2 Å². The highest BCUT2D eigenvalue weighted by Gasteiger charge is 2.23. The zero-order chi connectivity index (χ0) is 14.1. The van der Waals surface area contributed by atoms with E-state index >= 15 is 0 Å². The van der Waals surface area contributed by atoms with Gasteiger partial charge in [0, 0.05) is 6.07 Å². The summed E-state index contributed by atoms with van der Waals surface area (Å²) in [5.41, 5.74) is 0.108. The molecule has 0 bridgehead atoms. The fraction of sp³-hybridized carbons (Fsp3) is 0.455. The molecule has 100 valence electrons. The van der Waals surface area contributed by atoms with Crippen molar-refractivity contribution in [2.24, 2.45) is 0 Å². The second kappa shape index (κ2) is 4.56. The van der Waals surface area contributed by atoms with Crippen molar-refractivity contribution in [2.75, 3.05) is 6.26 Å². The molecule has 18 heavy (non-hydrogen) atoms. The van der Waals surface area contributed by atoms with Crippen molar-refractivity contribution >= 4 is 15.8 Å². The lowest BCUT2D eigenvalue weighted by Crippen LogP contribution is -2.12. The van der Waals surface area contributed by atoms with Gasteiger partial charge in [-0.05, 0) is 17.0 Å². The Morgan fingerprint density at radius 1 is 1.28 bits per heavy atom. The van der Waals surface area contributed by atoms with Crippen LogP contribution in [0.4, 0.5) is 5.69 Å². The highest BCUT2D eigenvalue weighted by atomic mass is 32.2. The van der Waals surface area contributed by atoms with Gasteiger partial charge in [0.25, 0.3) is 0 Å². The molecule has 0 saturated carbocycles. The summed E-state index contributed by atoms with van der Waals surface area (Å²) >= 11 is 0. The van der Waals surface area contributed by atoms with Gasteiger partial charge in [-0.1, -0.05) is 26.8 Å². The lowest BCUT2D eigenvalue weighted by atomic mass is 9.87. The largest absolute Gasteiger partial charge is 0.375 e. The van der Waals surface area contributed by atoms with Crippen LogP contribution in [0.3, 0.4) is 0 Å². The van der Waals surface area contributed by atoms with Gasteiger partial charge >= 0.3 is 15.8 Å². The van der Waals surface area contributed by atoms with E-state index in [1.165, 1.54) is 12.1 Å². The van der Waals surface area contributed by atoms with Gasteiger partial charge in [0.2, 0.25) is 5.75 Å². The van der Waals surface area contributed by atoms with Gasteiger partial charge in [0.05, 0.1) is 11.2 Å². The van der Waals surface area contributed by atoms with Crippen LogP contribution in [0.1, 0.15) is 26.3 Å². The van der Waals surface area contributed by atoms with E-state index in [9.17, 15) is 18.5 Å². The summed E-state index contributed by atoms with van der Waals surface area (Å²) in [4.78, 5) is 10.3. The molecule has 1 aromatic rings. The van der Waals surface area contributed by atoms with Crippen LogP contribution >= 0.6 is 0 Å². The van der Waals surface area contributed by atoms with Gasteiger partial charge in [-0.15, -0.1) is 0 Å². The van der Waals surface area contributed by atoms with Crippen LogP contribution in [-0.2, 0) is 15.5 Å². The predicted octanol–water partition coefficient (Wildman–Crippen LogP) is 2.23. The lowest BCUT2D eigenvalue weighted by molar-refractivity contribution is -0.385. The van der Waals surface area contributed by atoms with Gasteiger partial charge in [0.15, 0.2) is 0 Å². The normalized spacial score (nSPS) is 12.2. The SMILES string of the molecule is CC(C)(C)c1ccc(OS(C)(=O)=O)c([N+](=O)[O-])c1. The van der Waals surface area contributed by atoms with Crippen molar-refractivity contribution in [1.82, 2.24) is 0 Å².